The number of ether oxygens (including phenoxy) is 2. The molecule has 2 radical (unpaired) electrons. The first-order valence-electron chi connectivity index (χ1n) is 12.8. The Morgan fingerprint density at radius 1 is 0.972 bits per heavy atom. The van der Waals surface area contributed by atoms with E-state index in [1.807, 2.05) is 24.3 Å². The minimum Gasteiger partial charge on any atom is -0.491 e. The highest BCUT2D eigenvalue weighted by molar-refractivity contribution is 6.08. The second kappa shape index (κ2) is 12.4. The van der Waals surface area contributed by atoms with Crippen LogP contribution in [-0.4, -0.2) is 27.2 Å². The van der Waals surface area contributed by atoms with E-state index in [9.17, 15) is 8.78 Å². The van der Waals surface area contributed by atoms with E-state index in [4.69, 9.17) is 17.3 Å². The zero-order chi connectivity index (χ0) is 25.5. The Bertz CT molecular complexity index is 1180. The molecular weight excluding hydrogens is 453 g/mol. The van der Waals surface area contributed by atoms with Crippen molar-refractivity contribution in [3.63, 3.8) is 0 Å². The van der Waals surface area contributed by atoms with E-state index in [2.05, 4.69) is 44.2 Å². The Kier molecular flexibility index (Phi) is 8.98. The molecule has 2 atom stereocenters. The number of rotatable bonds is 9. The summed E-state index contributed by atoms with van der Waals surface area (Å²) in [5.41, 5.74) is 5.48. The summed E-state index contributed by atoms with van der Waals surface area (Å²) in [5, 5.41) is 0. The zero-order valence-corrected chi connectivity index (χ0v) is 21.1. The summed E-state index contributed by atoms with van der Waals surface area (Å²) in [5.74, 6) is -1.61. The number of benzene rings is 3. The molecule has 0 aromatic heterocycles. The smallest absolute Gasteiger partial charge is 0.201 e. The van der Waals surface area contributed by atoms with Crippen molar-refractivity contribution in [2.75, 3.05) is 13.2 Å². The van der Waals surface area contributed by atoms with Gasteiger partial charge in [-0.25, -0.2) is 4.39 Å². The van der Waals surface area contributed by atoms with Gasteiger partial charge in [-0.2, -0.15) is 4.39 Å². The number of halogens is 2. The van der Waals surface area contributed by atoms with E-state index < -0.39 is 11.6 Å². The molecule has 1 aliphatic heterocycles. The fourth-order valence-corrected chi connectivity index (χ4v) is 4.87. The van der Waals surface area contributed by atoms with Crippen LogP contribution in [0.4, 0.5) is 8.78 Å². The van der Waals surface area contributed by atoms with Gasteiger partial charge in [-0.1, -0.05) is 60.9 Å². The summed E-state index contributed by atoms with van der Waals surface area (Å²) in [4.78, 5) is 0. The van der Waals surface area contributed by atoms with E-state index >= 15 is 0 Å². The van der Waals surface area contributed by atoms with Gasteiger partial charge in [0.05, 0.1) is 27.2 Å². The maximum atomic E-state index is 14.7. The molecule has 0 saturated carbocycles. The van der Waals surface area contributed by atoms with Gasteiger partial charge in [0.15, 0.2) is 11.6 Å². The Morgan fingerprint density at radius 2 is 1.69 bits per heavy atom. The Hall–Kier alpha value is -2.92. The van der Waals surface area contributed by atoms with Crippen LogP contribution >= 0.6 is 0 Å². The van der Waals surface area contributed by atoms with Crippen LogP contribution < -0.4 is 4.74 Å². The first-order chi connectivity index (χ1) is 17.5. The van der Waals surface area contributed by atoms with Crippen molar-refractivity contribution in [2.45, 2.75) is 57.9 Å². The maximum Gasteiger partial charge on any atom is 0.201 e. The van der Waals surface area contributed by atoms with E-state index in [1.54, 1.807) is 0 Å². The van der Waals surface area contributed by atoms with Crippen molar-refractivity contribution >= 4 is 7.85 Å². The highest BCUT2D eigenvalue weighted by Gasteiger charge is 2.23. The molecular formula is C31H33BF2O2. The number of aryl methyl sites for hydroxylation is 1. The number of hydrogen-bond acceptors (Lipinski definition) is 2. The summed E-state index contributed by atoms with van der Waals surface area (Å²) in [6.07, 6.45) is 9.31. The van der Waals surface area contributed by atoms with Crippen molar-refractivity contribution in [1.29, 1.82) is 0 Å². The van der Waals surface area contributed by atoms with E-state index in [-0.39, 0.29) is 24.2 Å². The third-order valence-corrected chi connectivity index (χ3v) is 6.91. The van der Waals surface area contributed by atoms with Gasteiger partial charge in [-0.3, -0.25) is 0 Å². The van der Waals surface area contributed by atoms with Crippen molar-refractivity contribution in [3.8, 4) is 28.0 Å². The molecule has 1 fully saturated rings. The Balaban J connectivity index is 1.45. The minimum absolute atomic E-state index is 0.124. The molecule has 3 aromatic carbocycles. The topological polar surface area (TPSA) is 18.5 Å². The first kappa shape index (κ1) is 26.2. The quantitative estimate of drug-likeness (QED) is 0.224. The number of hydrogen-bond donors (Lipinski definition) is 0. The van der Waals surface area contributed by atoms with Crippen LogP contribution in [0, 0.1) is 18.6 Å². The second-order valence-corrected chi connectivity index (χ2v) is 9.40. The average molecular weight is 486 g/mol. The lowest BCUT2D eigenvalue weighted by atomic mass is 9.87. The van der Waals surface area contributed by atoms with Gasteiger partial charge >= 0.3 is 0 Å². The van der Waals surface area contributed by atoms with Crippen LogP contribution in [0.1, 0.15) is 49.7 Å². The molecule has 2 nitrogen and oxygen atoms in total. The molecule has 186 valence electrons. The Morgan fingerprint density at radius 3 is 2.33 bits per heavy atom. The van der Waals surface area contributed by atoms with Gasteiger partial charge in [0.2, 0.25) is 5.82 Å². The summed E-state index contributed by atoms with van der Waals surface area (Å²) in [6.45, 7) is 5.07. The normalized spacial score (nSPS) is 18.0. The van der Waals surface area contributed by atoms with Gasteiger partial charge in [0, 0.05) is 11.5 Å². The lowest BCUT2D eigenvalue weighted by Gasteiger charge is -2.29. The molecule has 0 aliphatic carbocycles. The molecule has 36 heavy (non-hydrogen) atoms. The largest absolute Gasteiger partial charge is 0.491 e. The molecule has 1 saturated heterocycles. The van der Waals surface area contributed by atoms with Crippen LogP contribution in [0.2, 0.25) is 6.32 Å². The van der Waals surface area contributed by atoms with Crippen molar-refractivity contribution in [2.24, 2.45) is 0 Å². The predicted octanol–water partition coefficient (Wildman–Crippen LogP) is 8.19. The lowest BCUT2D eigenvalue weighted by Crippen LogP contribution is -2.24. The fourth-order valence-electron chi connectivity index (χ4n) is 4.87. The second-order valence-electron chi connectivity index (χ2n) is 9.40. The van der Waals surface area contributed by atoms with E-state index in [0.717, 1.165) is 43.4 Å². The van der Waals surface area contributed by atoms with Crippen LogP contribution in [0.3, 0.4) is 0 Å². The van der Waals surface area contributed by atoms with Gasteiger partial charge in [0.1, 0.15) is 0 Å². The summed E-state index contributed by atoms with van der Waals surface area (Å²) in [7, 11) is 5.38. The van der Waals surface area contributed by atoms with Crippen molar-refractivity contribution < 1.29 is 18.3 Å². The summed E-state index contributed by atoms with van der Waals surface area (Å²) in [6, 6.07) is 17.1. The molecule has 3 aromatic rings. The first-order valence-corrected chi connectivity index (χ1v) is 12.8. The number of allylic oxidation sites excluding steroid dienone is 2. The highest BCUT2D eigenvalue weighted by Crippen LogP contribution is 2.35. The molecule has 0 bridgehead atoms. The molecule has 0 N–H and O–H groups in total. The lowest BCUT2D eigenvalue weighted by molar-refractivity contribution is -0.000191. The molecule has 4 rings (SSSR count). The van der Waals surface area contributed by atoms with Crippen LogP contribution in [0.25, 0.3) is 22.3 Å². The molecule has 2 unspecified atom stereocenters. The molecule has 0 amide bonds. The predicted molar refractivity (Wildman–Crippen MR) is 144 cm³/mol. The van der Waals surface area contributed by atoms with Crippen LogP contribution in [0.15, 0.2) is 66.7 Å². The van der Waals surface area contributed by atoms with Crippen LogP contribution in [-0.2, 0) is 4.74 Å². The highest BCUT2D eigenvalue weighted by atomic mass is 19.2. The van der Waals surface area contributed by atoms with Gasteiger partial charge in [0.25, 0.3) is 0 Å². The van der Waals surface area contributed by atoms with E-state index in [0.29, 0.717) is 17.6 Å². The summed E-state index contributed by atoms with van der Waals surface area (Å²) >= 11 is 0. The molecule has 0 spiro atoms. The van der Waals surface area contributed by atoms with Gasteiger partial charge in [-0.05, 0) is 79.5 Å². The fraction of sp³-hybridized carbons (Fsp3) is 0.355. The standard InChI is InChI=1S/C31H33BF2O2/c1-3-4-5-6-26-13-11-25(20-36-26)24-12-14-27(21(2)19-24)22-7-9-23(10-8-22)28-15-16-29(35-18-17-32)31(34)30(28)33/h3-4,7-10,12,14-16,19,25-26H,5-6,11,13,17-18,20H2,1-2H3/b4-3+. The van der Waals surface area contributed by atoms with Crippen molar-refractivity contribution in [1.82, 2.24) is 0 Å². The zero-order valence-electron chi connectivity index (χ0n) is 21.1. The molecule has 5 heteroatoms. The third kappa shape index (κ3) is 6.07. The molecule has 1 aliphatic rings. The van der Waals surface area contributed by atoms with Crippen LogP contribution in [0.5, 0.6) is 5.75 Å². The minimum atomic E-state index is -0.993. The average Bonchev–Trinajstić information content (AvgIpc) is 2.90. The maximum absolute atomic E-state index is 14.7. The monoisotopic (exact) mass is 486 g/mol. The Labute approximate surface area is 214 Å². The van der Waals surface area contributed by atoms with Gasteiger partial charge in [-0.15, -0.1) is 0 Å². The SMILES string of the molecule is [B]CCOc1ccc(-c2ccc(-c3ccc(C4CCC(CC/C=C/C)OC4)cc3C)cc2)c(F)c1F. The van der Waals surface area contributed by atoms with E-state index in [1.165, 1.54) is 23.3 Å². The third-order valence-electron chi connectivity index (χ3n) is 6.91. The van der Waals surface area contributed by atoms with Gasteiger partial charge < -0.3 is 9.47 Å². The summed E-state index contributed by atoms with van der Waals surface area (Å²) < 4.78 is 40.4. The molecule has 1 heterocycles. The van der Waals surface area contributed by atoms with Crippen molar-refractivity contribution in [3.05, 3.63) is 89.5 Å².